The molecule has 5 heteroatoms. The second kappa shape index (κ2) is 7.09. The number of nitrogens with zero attached hydrogens (tertiary/aromatic N) is 4. The van der Waals surface area contributed by atoms with E-state index in [9.17, 15) is 5.26 Å². The van der Waals surface area contributed by atoms with Gasteiger partial charge >= 0.3 is 0 Å². The number of aryl methyl sites for hydroxylation is 1. The maximum atomic E-state index is 9.72. The van der Waals surface area contributed by atoms with Crippen LogP contribution in [0.1, 0.15) is 17.1 Å². The van der Waals surface area contributed by atoms with Crippen molar-refractivity contribution >= 4 is 28.4 Å². The first kappa shape index (κ1) is 17.6. The number of benzene rings is 2. The van der Waals surface area contributed by atoms with Crippen molar-refractivity contribution in [1.29, 1.82) is 5.26 Å². The molecule has 2 aromatic heterocycles. The molecule has 138 valence electrons. The minimum Gasteiger partial charge on any atom is -0.378 e. The third kappa shape index (κ3) is 3.28. The van der Waals surface area contributed by atoms with E-state index in [1.165, 1.54) is 0 Å². The minimum atomic E-state index is 0.499. The largest absolute Gasteiger partial charge is 0.378 e. The molecule has 28 heavy (non-hydrogen) atoms. The molecule has 2 heterocycles. The number of nitriles is 1. The average molecular weight is 367 g/mol. The molecular formula is C23H21N5. The van der Waals surface area contributed by atoms with Crippen LogP contribution in [0, 0.1) is 18.3 Å². The molecule has 4 rings (SSSR count). The Labute approximate surface area is 164 Å². The fraction of sp³-hybridized carbons (Fsp3) is 0.130. The second-order valence-corrected chi connectivity index (χ2v) is 6.99. The van der Waals surface area contributed by atoms with Gasteiger partial charge in [0.15, 0.2) is 0 Å². The van der Waals surface area contributed by atoms with Gasteiger partial charge in [0.05, 0.1) is 16.6 Å². The van der Waals surface area contributed by atoms with Gasteiger partial charge in [-0.15, -0.1) is 0 Å². The van der Waals surface area contributed by atoms with Crippen LogP contribution in [0.5, 0.6) is 0 Å². The topological polar surface area (TPSA) is 60.6 Å². The van der Waals surface area contributed by atoms with Crippen LogP contribution in [0.15, 0.2) is 60.8 Å². The van der Waals surface area contributed by atoms with Gasteiger partial charge in [-0.1, -0.05) is 6.07 Å². The van der Waals surface area contributed by atoms with Crippen molar-refractivity contribution in [2.24, 2.45) is 0 Å². The Hall–Kier alpha value is -3.78. The number of H-pyrrole nitrogens is 1. The molecule has 0 saturated carbocycles. The van der Waals surface area contributed by atoms with Crippen molar-refractivity contribution in [3.05, 3.63) is 77.9 Å². The molecule has 0 aliphatic carbocycles. The standard InChI is InChI=1S/C23H21N5/c1-16-6-11-21-22(13-16)26-23(25-21)17(15-24)14-20-5-4-12-28(20)19-9-7-18(8-10-19)27(2)3/h4-14H,1-3H3,(H,25,26)/b17-14-. The fourth-order valence-electron chi connectivity index (χ4n) is 3.21. The number of aromatic amines is 1. The first-order valence-corrected chi connectivity index (χ1v) is 9.09. The Morgan fingerprint density at radius 1 is 1.14 bits per heavy atom. The van der Waals surface area contributed by atoms with Crippen LogP contribution >= 0.6 is 0 Å². The molecular weight excluding hydrogens is 346 g/mol. The van der Waals surface area contributed by atoms with E-state index in [0.717, 1.165) is 33.7 Å². The van der Waals surface area contributed by atoms with E-state index in [0.29, 0.717) is 11.4 Å². The minimum absolute atomic E-state index is 0.499. The smallest absolute Gasteiger partial charge is 0.149 e. The molecule has 0 amide bonds. The maximum Gasteiger partial charge on any atom is 0.149 e. The van der Waals surface area contributed by atoms with Gasteiger partial charge in [0.1, 0.15) is 11.9 Å². The SMILES string of the molecule is Cc1ccc2nc(/C(C#N)=C\c3cccn3-c3ccc(N(C)C)cc3)[nH]c2c1. The van der Waals surface area contributed by atoms with Gasteiger partial charge in [-0.2, -0.15) is 5.26 Å². The molecule has 0 bridgehead atoms. The number of allylic oxidation sites excluding steroid dienone is 1. The van der Waals surface area contributed by atoms with Crippen molar-refractivity contribution in [1.82, 2.24) is 14.5 Å². The highest BCUT2D eigenvalue weighted by Gasteiger charge is 2.10. The lowest BCUT2D eigenvalue weighted by Gasteiger charge is -2.13. The summed E-state index contributed by atoms with van der Waals surface area (Å²) in [4.78, 5) is 9.91. The Balaban J connectivity index is 1.73. The molecule has 0 radical (unpaired) electrons. The van der Waals surface area contributed by atoms with E-state index in [1.807, 2.05) is 63.6 Å². The summed E-state index contributed by atoms with van der Waals surface area (Å²) in [6.07, 6.45) is 3.86. The number of hydrogen-bond acceptors (Lipinski definition) is 3. The molecule has 2 aromatic carbocycles. The molecule has 0 saturated heterocycles. The highest BCUT2D eigenvalue weighted by Crippen LogP contribution is 2.23. The van der Waals surface area contributed by atoms with E-state index in [-0.39, 0.29) is 0 Å². The predicted octanol–water partition coefficient (Wildman–Crippen LogP) is 4.79. The van der Waals surface area contributed by atoms with Crippen molar-refractivity contribution in [2.45, 2.75) is 6.92 Å². The van der Waals surface area contributed by atoms with Crippen LogP contribution in [-0.2, 0) is 0 Å². The van der Waals surface area contributed by atoms with Gasteiger partial charge in [0.2, 0.25) is 0 Å². The summed E-state index contributed by atoms with van der Waals surface area (Å²) >= 11 is 0. The summed E-state index contributed by atoms with van der Waals surface area (Å²) < 4.78 is 2.06. The van der Waals surface area contributed by atoms with Gasteiger partial charge in [-0.3, -0.25) is 0 Å². The van der Waals surface area contributed by atoms with Crippen LogP contribution in [0.4, 0.5) is 5.69 Å². The number of aromatic nitrogens is 3. The average Bonchev–Trinajstić information content (AvgIpc) is 3.32. The van der Waals surface area contributed by atoms with Crippen LogP contribution in [0.3, 0.4) is 0 Å². The van der Waals surface area contributed by atoms with Crippen molar-refractivity contribution in [3.63, 3.8) is 0 Å². The predicted molar refractivity (Wildman–Crippen MR) is 114 cm³/mol. The molecule has 0 aliphatic rings. The van der Waals surface area contributed by atoms with Crippen LogP contribution in [0.25, 0.3) is 28.4 Å². The lowest BCUT2D eigenvalue weighted by Crippen LogP contribution is -2.08. The molecule has 0 fully saturated rings. The Morgan fingerprint density at radius 2 is 1.93 bits per heavy atom. The highest BCUT2D eigenvalue weighted by molar-refractivity contribution is 5.90. The maximum absolute atomic E-state index is 9.72. The van der Waals surface area contributed by atoms with Crippen LogP contribution in [0.2, 0.25) is 0 Å². The fourth-order valence-corrected chi connectivity index (χ4v) is 3.21. The monoisotopic (exact) mass is 367 g/mol. The summed E-state index contributed by atoms with van der Waals surface area (Å²) in [5.41, 5.74) is 6.55. The number of rotatable bonds is 4. The van der Waals surface area contributed by atoms with Gasteiger partial charge in [0, 0.05) is 37.4 Å². The van der Waals surface area contributed by atoms with E-state index in [2.05, 4.69) is 49.8 Å². The molecule has 0 aliphatic heterocycles. The summed E-state index contributed by atoms with van der Waals surface area (Å²) in [6, 6.07) is 20.6. The van der Waals surface area contributed by atoms with E-state index >= 15 is 0 Å². The third-order valence-electron chi connectivity index (χ3n) is 4.73. The normalized spacial score (nSPS) is 11.6. The van der Waals surface area contributed by atoms with Crippen molar-refractivity contribution in [3.8, 4) is 11.8 Å². The summed E-state index contributed by atoms with van der Waals surface area (Å²) in [5.74, 6) is 0.582. The van der Waals surface area contributed by atoms with Crippen LogP contribution in [-0.4, -0.2) is 28.6 Å². The van der Waals surface area contributed by atoms with E-state index < -0.39 is 0 Å². The van der Waals surface area contributed by atoms with Gasteiger partial charge in [-0.25, -0.2) is 4.98 Å². The summed E-state index contributed by atoms with van der Waals surface area (Å²) in [7, 11) is 4.04. The molecule has 1 N–H and O–H groups in total. The van der Waals surface area contributed by atoms with Gasteiger partial charge in [0.25, 0.3) is 0 Å². The van der Waals surface area contributed by atoms with Gasteiger partial charge in [-0.05, 0) is 67.1 Å². The highest BCUT2D eigenvalue weighted by atomic mass is 15.1. The second-order valence-electron chi connectivity index (χ2n) is 6.99. The molecule has 4 aromatic rings. The summed E-state index contributed by atoms with van der Waals surface area (Å²) in [6.45, 7) is 2.04. The first-order chi connectivity index (χ1) is 13.5. The molecule has 0 unspecified atom stereocenters. The molecule has 0 atom stereocenters. The Bertz CT molecular complexity index is 1200. The Kier molecular flexibility index (Phi) is 4.46. The van der Waals surface area contributed by atoms with Gasteiger partial charge < -0.3 is 14.5 Å². The van der Waals surface area contributed by atoms with E-state index in [1.54, 1.807) is 0 Å². The zero-order valence-electron chi connectivity index (χ0n) is 16.1. The lowest BCUT2D eigenvalue weighted by molar-refractivity contribution is 1.06. The molecule has 5 nitrogen and oxygen atoms in total. The third-order valence-corrected chi connectivity index (χ3v) is 4.73. The number of hydrogen-bond donors (Lipinski definition) is 1. The lowest BCUT2D eigenvalue weighted by atomic mass is 10.2. The number of nitrogens with one attached hydrogen (secondary N) is 1. The van der Waals surface area contributed by atoms with E-state index in [4.69, 9.17) is 0 Å². The number of fused-ring (bicyclic) bond motifs is 1. The van der Waals surface area contributed by atoms with Crippen molar-refractivity contribution < 1.29 is 0 Å². The number of imidazole rings is 1. The zero-order chi connectivity index (χ0) is 19.7. The van der Waals surface area contributed by atoms with Crippen LogP contribution < -0.4 is 4.90 Å². The molecule has 0 spiro atoms. The Morgan fingerprint density at radius 3 is 2.64 bits per heavy atom. The first-order valence-electron chi connectivity index (χ1n) is 9.09. The zero-order valence-corrected chi connectivity index (χ0v) is 16.1. The number of anilines is 1. The quantitative estimate of drug-likeness (QED) is 0.528. The van der Waals surface area contributed by atoms with Crippen molar-refractivity contribution in [2.75, 3.05) is 19.0 Å². The summed E-state index contributed by atoms with van der Waals surface area (Å²) in [5, 5.41) is 9.72.